The lowest BCUT2D eigenvalue weighted by Gasteiger charge is -2.38. The maximum atomic E-state index is 5.91. The van der Waals surface area contributed by atoms with Crippen LogP contribution < -0.4 is 10.5 Å². The first-order valence-electron chi connectivity index (χ1n) is 7.45. The second kappa shape index (κ2) is 9.26. The fourth-order valence-electron chi connectivity index (χ4n) is 2.82. The summed E-state index contributed by atoms with van der Waals surface area (Å²) in [6.45, 7) is 5.40. The van der Waals surface area contributed by atoms with Gasteiger partial charge in [0.05, 0.1) is 12.7 Å². The van der Waals surface area contributed by atoms with Gasteiger partial charge in [0.25, 0.3) is 0 Å². The van der Waals surface area contributed by atoms with Crippen molar-refractivity contribution in [3.8, 4) is 5.75 Å². The van der Waals surface area contributed by atoms with E-state index in [1.165, 1.54) is 5.56 Å². The predicted molar refractivity (Wildman–Crippen MR) is 88.1 cm³/mol. The molecule has 5 heteroatoms. The Hall–Kier alpha value is -0.810. The van der Waals surface area contributed by atoms with Crippen molar-refractivity contribution in [3.05, 3.63) is 29.8 Å². The molecule has 1 saturated heterocycles. The molecular weight excluding hydrogens is 288 g/mol. The largest absolute Gasteiger partial charge is 0.494 e. The standard InChI is InChI=1S/C16H26N2O2.ClH/c1-3-20-15-6-4-13(5-7-15)12-18-9-8-16(19-2)10-14(18)11-17;/h4-7,14,16H,3,8-12,17H2,1-2H3;1H. The number of nitrogens with two attached hydrogens (primary N) is 1. The molecule has 0 amide bonds. The molecular formula is C16H27ClN2O2. The van der Waals surface area contributed by atoms with Crippen LogP contribution in [0.25, 0.3) is 0 Å². The van der Waals surface area contributed by atoms with Crippen LogP contribution in [0.2, 0.25) is 0 Å². The number of halogens is 1. The second-order valence-electron chi connectivity index (χ2n) is 5.32. The van der Waals surface area contributed by atoms with Crippen molar-refractivity contribution in [2.24, 2.45) is 5.73 Å². The van der Waals surface area contributed by atoms with Crippen molar-refractivity contribution < 1.29 is 9.47 Å². The van der Waals surface area contributed by atoms with Crippen LogP contribution >= 0.6 is 12.4 Å². The van der Waals surface area contributed by atoms with Crippen molar-refractivity contribution in [3.63, 3.8) is 0 Å². The number of likely N-dealkylation sites (tertiary alicyclic amines) is 1. The van der Waals surface area contributed by atoms with Crippen LogP contribution in [0.3, 0.4) is 0 Å². The van der Waals surface area contributed by atoms with Crippen LogP contribution in [0, 0.1) is 0 Å². The van der Waals surface area contributed by atoms with Crippen LogP contribution in [0.1, 0.15) is 25.3 Å². The van der Waals surface area contributed by atoms with Crippen molar-refractivity contribution in [1.82, 2.24) is 4.90 Å². The normalized spacial score (nSPS) is 22.6. The van der Waals surface area contributed by atoms with Gasteiger partial charge in [0.15, 0.2) is 0 Å². The Labute approximate surface area is 134 Å². The van der Waals surface area contributed by atoms with E-state index in [9.17, 15) is 0 Å². The smallest absolute Gasteiger partial charge is 0.119 e. The summed E-state index contributed by atoms with van der Waals surface area (Å²) >= 11 is 0. The second-order valence-corrected chi connectivity index (χ2v) is 5.32. The Kier molecular flexibility index (Phi) is 8.04. The third-order valence-corrected chi connectivity index (χ3v) is 4.02. The Morgan fingerprint density at radius 3 is 2.57 bits per heavy atom. The Balaban J connectivity index is 0.00000220. The van der Waals surface area contributed by atoms with E-state index in [1.807, 2.05) is 19.1 Å². The van der Waals surface area contributed by atoms with Gasteiger partial charge < -0.3 is 15.2 Å². The molecule has 21 heavy (non-hydrogen) atoms. The van der Waals surface area contributed by atoms with E-state index in [0.29, 0.717) is 25.3 Å². The highest BCUT2D eigenvalue weighted by atomic mass is 35.5. The van der Waals surface area contributed by atoms with Gasteiger partial charge in [0.1, 0.15) is 5.75 Å². The first-order valence-corrected chi connectivity index (χ1v) is 7.45. The summed E-state index contributed by atoms with van der Waals surface area (Å²) in [6, 6.07) is 8.78. The molecule has 0 saturated carbocycles. The molecule has 2 rings (SSSR count). The van der Waals surface area contributed by atoms with E-state index in [2.05, 4.69) is 17.0 Å². The molecule has 1 aliphatic rings. The number of piperidine rings is 1. The van der Waals surface area contributed by atoms with Gasteiger partial charge in [0, 0.05) is 32.8 Å². The summed E-state index contributed by atoms with van der Waals surface area (Å²) in [4.78, 5) is 2.46. The number of benzene rings is 1. The van der Waals surface area contributed by atoms with E-state index >= 15 is 0 Å². The zero-order valence-corrected chi connectivity index (χ0v) is 13.8. The molecule has 1 aromatic carbocycles. The number of ether oxygens (including phenoxy) is 2. The molecule has 0 spiro atoms. The number of hydrogen-bond donors (Lipinski definition) is 1. The number of rotatable bonds is 6. The maximum absolute atomic E-state index is 5.91. The Bertz CT molecular complexity index is 400. The predicted octanol–water partition coefficient (Wildman–Crippen LogP) is 2.45. The summed E-state index contributed by atoms with van der Waals surface area (Å²) in [5, 5.41) is 0. The zero-order chi connectivity index (χ0) is 14.4. The van der Waals surface area contributed by atoms with Crippen LogP contribution in [0.5, 0.6) is 5.75 Å². The summed E-state index contributed by atoms with van der Waals surface area (Å²) in [6.07, 6.45) is 2.48. The highest BCUT2D eigenvalue weighted by molar-refractivity contribution is 5.85. The molecule has 0 radical (unpaired) electrons. The molecule has 1 aromatic rings. The molecule has 1 aliphatic heterocycles. The van der Waals surface area contributed by atoms with Gasteiger partial charge in [-0.05, 0) is 37.5 Å². The molecule has 0 aliphatic carbocycles. The van der Waals surface area contributed by atoms with Crippen LogP contribution in [-0.4, -0.2) is 43.9 Å². The summed E-state index contributed by atoms with van der Waals surface area (Å²) in [5.74, 6) is 0.935. The highest BCUT2D eigenvalue weighted by Crippen LogP contribution is 2.22. The fraction of sp³-hybridized carbons (Fsp3) is 0.625. The lowest BCUT2D eigenvalue weighted by atomic mass is 9.98. The van der Waals surface area contributed by atoms with Gasteiger partial charge in [-0.15, -0.1) is 12.4 Å². The highest BCUT2D eigenvalue weighted by Gasteiger charge is 2.27. The van der Waals surface area contributed by atoms with Crippen molar-refractivity contribution in [2.45, 2.75) is 38.5 Å². The lowest BCUT2D eigenvalue weighted by Crippen LogP contribution is -2.47. The summed E-state index contributed by atoms with van der Waals surface area (Å²) in [7, 11) is 1.79. The quantitative estimate of drug-likeness (QED) is 0.876. The molecule has 2 N–H and O–H groups in total. The van der Waals surface area contributed by atoms with Gasteiger partial charge in [0.2, 0.25) is 0 Å². The Morgan fingerprint density at radius 2 is 2.00 bits per heavy atom. The van der Waals surface area contributed by atoms with Gasteiger partial charge >= 0.3 is 0 Å². The third kappa shape index (κ3) is 5.15. The van der Waals surface area contributed by atoms with Gasteiger partial charge in [-0.3, -0.25) is 4.90 Å². The summed E-state index contributed by atoms with van der Waals surface area (Å²) in [5.41, 5.74) is 7.22. The van der Waals surface area contributed by atoms with Crippen molar-refractivity contribution in [1.29, 1.82) is 0 Å². The first kappa shape index (κ1) is 18.2. The fourth-order valence-corrected chi connectivity index (χ4v) is 2.82. The topological polar surface area (TPSA) is 47.7 Å². The SMILES string of the molecule is CCOc1ccc(CN2CCC(OC)CC2CN)cc1.Cl. The first-order chi connectivity index (χ1) is 9.76. The van der Waals surface area contributed by atoms with E-state index < -0.39 is 0 Å². The van der Waals surface area contributed by atoms with Crippen LogP contribution in [0.15, 0.2) is 24.3 Å². The van der Waals surface area contributed by atoms with Gasteiger partial charge in [-0.2, -0.15) is 0 Å². The lowest BCUT2D eigenvalue weighted by molar-refractivity contribution is 0.0102. The Morgan fingerprint density at radius 1 is 1.29 bits per heavy atom. The van der Waals surface area contributed by atoms with Crippen LogP contribution in [-0.2, 0) is 11.3 Å². The average molecular weight is 315 g/mol. The summed E-state index contributed by atoms with van der Waals surface area (Å²) < 4.78 is 10.9. The van der Waals surface area contributed by atoms with E-state index in [-0.39, 0.29) is 12.4 Å². The van der Waals surface area contributed by atoms with Crippen molar-refractivity contribution in [2.75, 3.05) is 26.8 Å². The minimum atomic E-state index is 0. The molecule has 1 heterocycles. The molecule has 4 nitrogen and oxygen atoms in total. The van der Waals surface area contributed by atoms with Gasteiger partial charge in [-0.1, -0.05) is 12.1 Å². The molecule has 0 aromatic heterocycles. The third-order valence-electron chi connectivity index (χ3n) is 4.02. The monoisotopic (exact) mass is 314 g/mol. The minimum absolute atomic E-state index is 0. The van der Waals surface area contributed by atoms with E-state index in [0.717, 1.165) is 31.7 Å². The van der Waals surface area contributed by atoms with E-state index in [4.69, 9.17) is 15.2 Å². The average Bonchev–Trinajstić information content (AvgIpc) is 2.50. The zero-order valence-electron chi connectivity index (χ0n) is 13.0. The molecule has 120 valence electrons. The molecule has 2 unspecified atom stereocenters. The minimum Gasteiger partial charge on any atom is -0.494 e. The van der Waals surface area contributed by atoms with Crippen LogP contribution in [0.4, 0.5) is 0 Å². The maximum Gasteiger partial charge on any atom is 0.119 e. The van der Waals surface area contributed by atoms with Gasteiger partial charge in [-0.25, -0.2) is 0 Å². The molecule has 1 fully saturated rings. The number of methoxy groups -OCH3 is 1. The number of hydrogen-bond acceptors (Lipinski definition) is 4. The van der Waals surface area contributed by atoms with E-state index in [1.54, 1.807) is 7.11 Å². The molecule has 2 atom stereocenters. The van der Waals surface area contributed by atoms with Crippen molar-refractivity contribution >= 4 is 12.4 Å². The number of nitrogens with zero attached hydrogens (tertiary/aromatic N) is 1. The molecule has 0 bridgehead atoms.